The first kappa shape index (κ1) is 32.1. The topological polar surface area (TPSA) is 140 Å². The highest BCUT2D eigenvalue weighted by atomic mass is 35.5. The van der Waals surface area contributed by atoms with Crippen molar-refractivity contribution in [2.45, 2.75) is 13.5 Å². The molecule has 0 atom stereocenters. The molecule has 4 N–H and O–H groups in total. The van der Waals surface area contributed by atoms with Gasteiger partial charge in [-0.3, -0.25) is 0 Å². The maximum atomic E-state index is 11.8. The second kappa shape index (κ2) is 16.1. The number of aromatic carboxylic acids is 1. The van der Waals surface area contributed by atoms with Crippen LogP contribution >= 0.6 is 23.2 Å². The van der Waals surface area contributed by atoms with Crippen LogP contribution in [0.25, 0.3) is 11.3 Å². The molecule has 13 heteroatoms. The van der Waals surface area contributed by atoms with Gasteiger partial charge in [0.15, 0.2) is 11.6 Å². The molecule has 0 spiro atoms. The highest BCUT2D eigenvalue weighted by molar-refractivity contribution is 6.35. The molecular weight excluding hydrogens is 597 g/mol. The number of halogens is 2. The fraction of sp³-hybridized carbons (Fsp3) is 0.300. The van der Waals surface area contributed by atoms with E-state index in [9.17, 15) is 9.90 Å². The van der Waals surface area contributed by atoms with E-state index in [-0.39, 0.29) is 12.1 Å². The number of benzene rings is 2. The minimum absolute atomic E-state index is 0.106. The summed E-state index contributed by atoms with van der Waals surface area (Å²) < 4.78 is 22.1. The number of carboxylic acid groups (broad SMARTS) is 1. The van der Waals surface area contributed by atoms with Crippen LogP contribution in [0.15, 0.2) is 59.0 Å². The van der Waals surface area contributed by atoms with Gasteiger partial charge in [0, 0.05) is 24.2 Å². The maximum absolute atomic E-state index is 11.8. The molecule has 4 aromatic rings. The zero-order chi connectivity index (χ0) is 30.6. The number of carbonyl (C=O) groups is 1. The molecule has 2 aromatic heterocycles. The van der Waals surface area contributed by atoms with Gasteiger partial charge in [0.25, 0.3) is 0 Å². The number of hydrogen-bond donors (Lipinski definition) is 4. The molecule has 2 heterocycles. The lowest BCUT2D eigenvalue weighted by atomic mass is 10.2. The van der Waals surface area contributed by atoms with Gasteiger partial charge in [-0.25, -0.2) is 14.8 Å². The summed E-state index contributed by atoms with van der Waals surface area (Å²) in [4.78, 5) is 21.0. The lowest BCUT2D eigenvalue weighted by Gasteiger charge is -2.18. The number of methoxy groups -OCH3 is 1. The van der Waals surface area contributed by atoms with Crippen molar-refractivity contribution >= 4 is 52.2 Å². The van der Waals surface area contributed by atoms with E-state index in [4.69, 9.17) is 41.8 Å². The fourth-order valence-electron chi connectivity index (χ4n) is 4.05. The first-order valence-electron chi connectivity index (χ1n) is 13.5. The number of nitrogens with zero attached hydrogens (tertiary/aromatic N) is 2. The highest BCUT2D eigenvalue weighted by Gasteiger charge is 2.18. The lowest BCUT2D eigenvalue weighted by molar-refractivity contribution is 0.0272. The van der Waals surface area contributed by atoms with Crippen LogP contribution in [0.4, 0.5) is 23.0 Å². The molecule has 0 saturated heterocycles. The van der Waals surface area contributed by atoms with E-state index in [1.54, 1.807) is 50.4 Å². The summed E-state index contributed by atoms with van der Waals surface area (Å²) in [6, 6.07) is 15.4. The molecule has 0 aliphatic rings. The van der Waals surface area contributed by atoms with Crippen LogP contribution in [0.3, 0.4) is 0 Å². The molecule has 0 aliphatic heterocycles. The van der Waals surface area contributed by atoms with Crippen LogP contribution in [0, 0.1) is 6.92 Å². The summed E-state index contributed by atoms with van der Waals surface area (Å²) in [5.74, 6) is 1.50. The predicted octanol–water partition coefficient (Wildman–Crippen LogP) is 6.50. The summed E-state index contributed by atoms with van der Waals surface area (Å²) >= 11 is 12.5. The van der Waals surface area contributed by atoms with Gasteiger partial charge in [-0.15, -0.1) is 0 Å². The normalized spacial score (nSPS) is 11.0. The minimum Gasteiger partial charge on any atom is -0.478 e. The Hall–Kier alpha value is -3.87. The first-order valence-corrected chi connectivity index (χ1v) is 14.3. The summed E-state index contributed by atoms with van der Waals surface area (Å²) in [5, 5.41) is 20.6. The molecule has 11 nitrogen and oxygen atoms in total. The average Bonchev–Trinajstić information content (AvgIpc) is 3.46. The zero-order valence-corrected chi connectivity index (χ0v) is 25.3. The number of aryl methyl sites for hydroxylation is 1. The molecule has 4 rings (SSSR count). The van der Waals surface area contributed by atoms with Gasteiger partial charge < -0.3 is 39.7 Å². The second-order valence-corrected chi connectivity index (χ2v) is 10.1. The summed E-state index contributed by atoms with van der Waals surface area (Å²) in [6.07, 6.45) is 0. The summed E-state index contributed by atoms with van der Waals surface area (Å²) in [7, 11) is 1.62. The van der Waals surface area contributed by atoms with Crippen molar-refractivity contribution in [3.63, 3.8) is 0 Å². The van der Waals surface area contributed by atoms with E-state index >= 15 is 0 Å². The molecule has 2 aromatic carbocycles. The summed E-state index contributed by atoms with van der Waals surface area (Å²) in [6.45, 7) is 4.83. The molecule has 0 bridgehead atoms. The largest absolute Gasteiger partial charge is 0.478 e. The fourth-order valence-corrected chi connectivity index (χ4v) is 4.43. The van der Waals surface area contributed by atoms with Crippen molar-refractivity contribution < 1.29 is 28.5 Å². The Labute approximate surface area is 259 Å². The maximum Gasteiger partial charge on any atom is 0.337 e. The number of anilines is 4. The third-order valence-electron chi connectivity index (χ3n) is 6.07. The molecule has 228 valence electrons. The third kappa shape index (κ3) is 9.31. The Morgan fingerprint density at radius 2 is 1.67 bits per heavy atom. The molecule has 0 aliphatic carbocycles. The van der Waals surface area contributed by atoms with Crippen molar-refractivity contribution in [2.75, 3.05) is 62.6 Å². The molecule has 43 heavy (non-hydrogen) atoms. The number of carboxylic acids is 1. The van der Waals surface area contributed by atoms with Crippen LogP contribution < -0.4 is 16.0 Å². The number of furan rings is 1. The van der Waals surface area contributed by atoms with Gasteiger partial charge >= 0.3 is 5.97 Å². The predicted molar refractivity (Wildman–Crippen MR) is 167 cm³/mol. The lowest BCUT2D eigenvalue weighted by Crippen LogP contribution is -2.17. The van der Waals surface area contributed by atoms with Crippen LogP contribution in [-0.4, -0.2) is 67.7 Å². The van der Waals surface area contributed by atoms with Crippen molar-refractivity contribution in [1.29, 1.82) is 0 Å². The summed E-state index contributed by atoms with van der Waals surface area (Å²) in [5.41, 5.74) is 1.69. The number of aromatic nitrogens is 2. The molecule has 0 saturated carbocycles. The molecule has 0 radical (unpaired) electrons. The van der Waals surface area contributed by atoms with Crippen LogP contribution in [0.1, 0.15) is 21.9 Å². The second-order valence-electron chi connectivity index (χ2n) is 9.21. The van der Waals surface area contributed by atoms with E-state index in [0.29, 0.717) is 95.5 Å². The Bertz CT molecular complexity index is 1520. The molecule has 0 fully saturated rings. The number of hydrogen-bond acceptors (Lipinski definition) is 10. The molecular formula is C30H33Cl2N5O6. The van der Waals surface area contributed by atoms with E-state index in [0.717, 1.165) is 0 Å². The van der Waals surface area contributed by atoms with Gasteiger partial charge in [-0.05, 0) is 49.4 Å². The van der Waals surface area contributed by atoms with Gasteiger partial charge in [0.05, 0.1) is 55.9 Å². The minimum atomic E-state index is -1.06. The van der Waals surface area contributed by atoms with Crippen molar-refractivity contribution in [2.24, 2.45) is 0 Å². The van der Waals surface area contributed by atoms with Gasteiger partial charge in [0.1, 0.15) is 23.0 Å². The highest BCUT2D eigenvalue weighted by Crippen LogP contribution is 2.34. The SMILES string of the molecule is COCCOCCOCCNc1nc(C)nc(Nc2ccccc2C(=O)O)c1NCc1ccc(-c2cc(Cl)ccc2Cl)o1. The van der Waals surface area contributed by atoms with E-state index < -0.39 is 5.97 Å². The van der Waals surface area contributed by atoms with Gasteiger partial charge in [0.2, 0.25) is 0 Å². The number of ether oxygens (including phenoxy) is 3. The quantitative estimate of drug-likeness (QED) is 0.0951. The monoisotopic (exact) mass is 629 g/mol. The van der Waals surface area contributed by atoms with Crippen LogP contribution in [-0.2, 0) is 20.8 Å². The van der Waals surface area contributed by atoms with Gasteiger partial charge in [-0.2, -0.15) is 0 Å². The number of rotatable bonds is 17. The van der Waals surface area contributed by atoms with Crippen molar-refractivity contribution in [3.05, 3.63) is 81.8 Å². The zero-order valence-electron chi connectivity index (χ0n) is 23.8. The van der Waals surface area contributed by atoms with Crippen LogP contribution in [0.2, 0.25) is 10.0 Å². The Balaban J connectivity index is 1.52. The van der Waals surface area contributed by atoms with E-state index in [1.807, 2.05) is 12.1 Å². The smallest absolute Gasteiger partial charge is 0.337 e. The van der Waals surface area contributed by atoms with Crippen molar-refractivity contribution in [3.8, 4) is 11.3 Å². The standard InChI is InChI=1S/C30H33Cl2N5O6/c1-19-35-28(33-11-12-41-15-16-42-14-13-40-2)27(29(36-19)37-25-6-4-3-5-22(25)30(38)39)34-18-21-8-10-26(43-21)23-17-20(31)7-9-24(23)32/h3-10,17,34H,11-16,18H2,1-2H3,(H,38,39)(H2,33,35,36,37). The Morgan fingerprint density at radius 1 is 0.930 bits per heavy atom. The Morgan fingerprint density at radius 3 is 2.47 bits per heavy atom. The molecule has 0 unspecified atom stereocenters. The van der Waals surface area contributed by atoms with E-state index in [1.165, 1.54) is 6.07 Å². The third-order valence-corrected chi connectivity index (χ3v) is 6.63. The molecule has 0 amide bonds. The van der Waals surface area contributed by atoms with Gasteiger partial charge in [-0.1, -0.05) is 35.3 Å². The number of nitrogens with one attached hydrogen (secondary N) is 3. The van der Waals surface area contributed by atoms with Crippen LogP contribution in [0.5, 0.6) is 0 Å². The van der Waals surface area contributed by atoms with E-state index in [2.05, 4.69) is 25.9 Å². The first-order chi connectivity index (χ1) is 20.9. The van der Waals surface area contributed by atoms with Crippen molar-refractivity contribution in [1.82, 2.24) is 9.97 Å². The Kier molecular flexibility index (Phi) is 12.0. The number of para-hydroxylation sites is 1. The average molecular weight is 631 g/mol.